The smallest absolute Gasteiger partial charge is 0.289 e. The van der Waals surface area contributed by atoms with Crippen LogP contribution < -0.4 is 0 Å². The molecule has 0 bridgehead atoms. The molecule has 0 spiro atoms. The molecule has 0 saturated carbocycles. The predicted octanol–water partition coefficient (Wildman–Crippen LogP) is 1.52. The molecule has 1 atom stereocenters. The highest BCUT2D eigenvalue weighted by Gasteiger charge is 2.22. The second-order valence-corrected chi connectivity index (χ2v) is 3.23. The van der Waals surface area contributed by atoms with Gasteiger partial charge in [0.15, 0.2) is 6.07 Å². The van der Waals surface area contributed by atoms with Crippen LogP contribution in [-0.4, -0.2) is 16.7 Å². The number of nitrogens with zero attached hydrogens (tertiary/aromatic N) is 3. The van der Waals surface area contributed by atoms with E-state index in [9.17, 15) is 14.9 Å². The van der Waals surface area contributed by atoms with Crippen LogP contribution in [-0.2, 0) is 11.2 Å². The quantitative estimate of drug-likeness (QED) is 0.444. The van der Waals surface area contributed by atoms with Crippen LogP contribution in [0.4, 0.5) is 5.69 Å². The number of rotatable bonds is 4. The molecule has 1 unspecified atom stereocenters. The molecule has 0 saturated heterocycles. The van der Waals surface area contributed by atoms with Crippen molar-refractivity contribution < 1.29 is 9.72 Å². The van der Waals surface area contributed by atoms with Crippen molar-refractivity contribution in [1.82, 2.24) is 0 Å². The molecule has 0 aromatic heterocycles. The van der Waals surface area contributed by atoms with Crippen molar-refractivity contribution >= 4 is 11.5 Å². The van der Waals surface area contributed by atoms with Gasteiger partial charge in [-0.3, -0.25) is 19.8 Å². The highest BCUT2D eigenvalue weighted by molar-refractivity contribution is 5.90. The number of ketones is 1. The third kappa shape index (κ3) is 3.11. The van der Waals surface area contributed by atoms with Crippen LogP contribution in [0.5, 0.6) is 0 Å². The first-order valence-electron chi connectivity index (χ1n) is 4.60. The van der Waals surface area contributed by atoms with Crippen LogP contribution >= 0.6 is 0 Å². The highest BCUT2D eigenvalue weighted by Crippen LogP contribution is 2.14. The van der Waals surface area contributed by atoms with Crippen LogP contribution in [0.15, 0.2) is 24.3 Å². The first-order valence-corrected chi connectivity index (χ1v) is 4.60. The summed E-state index contributed by atoms with van der Waals surface area (Å²) in [5.41, 5.74) is 0.305. The topological polar surface area (TPSA) is 88.4 Å². The maximum atomic E-state index is 11.4. The molecule has 1 aromatic rings. The molecule has 0 amide bonds. The van der Waals surface area contributed by atoms with Crippen molar-refractivity contribution in [2.45, 2.75) is 12.5 Å². The second kappa shape index (κ2) is 5.38. The molecule has 0 heterocycles. The number of hydrogen-bond donors (Lipinski definition) is 0. The number of non-ortho nitro benzene ring substituents is 1. The average Bonchev–Trinajstić information content (AvgIpc) is 2.30. The molecule has 0 radical (unpaired) electrons. The number of Topliss-reactive ketones (excluding diaryl/α,β-unsaturated/α-hetero) is 1. The lowest BCUT2D eigenvalue weighted by atomic mass is 10.0. The number of nitro groups is 1. The Labute approximate surface area is 97.1 Å². The number of hydrogen-bond acceptors (Lipinski definition) is 4. The molecule has 0 aliphatic heterocycles. The number of carbonyl (C=O) groups excluding carboxylic acids is 1. The summed E-state index contributed by atoms with van der Waals surface area (Å²) < 4.78 is 0. The fourth-order valence-corrected chi connectivity index (χ4v) is 1.25. The zero-order valence-corrected chi connectivity index (χ0v) is 8.66. The van der Waals surface area contributed by atoms with Crippen LogP contribution in [0.25, 0.3) is 4.85 Å². The number of benzene rings is 1. The van der Waals surface area contributed by atoms with E-state index in [-0.39, 0.29) is 12.1 Å². The lowest BCUT2D eigenvalue weighted by molar-refractivity contribution is -0.384. The zero-order valence-electron chi connectivity index (χ0n) is 8.66. The van der Waals surface area contributed by atoms with E-state index in [1.807, 2.05) is 0 Å². The summed E-state index contributed by atoms with van der Waals surface area (Å²) in [6, 6.07) is 5.81. The molecule has 0 aliphatic carbocycles. The summed E-state index contributed by atoms with van der Waals surface area (Å²) in [6.07, 6.45) is -0.151. The van der Waals surface area contributed by atoms with E-state index in [0.29, 0.717) is 5.56 Å². The van der Waals surface area contributed by atoms with Crippen molar-refractivity contribution in [3.63, 3.8) is 0 Å². The van der Waals surface area contributed by atoms with Gasteiger partial charge in [0.1, 0.15) is 0 Å². The lowest BCUT2D eigenvalue weighted by Gasteiger charge is -1.99. The Morgan fingerprint density at radius 1 is 1.65 bits per heavy atom. The summed E-state index contributed by atoms with van der Waals surface area (Å²) in [5.74, 6) is -0.553. The molecule has 6 nitrogen and oxygen atoms in total. The molecule has 0 aliphatic rings. The van der Waals surface area contributed by atoms with Crippen LogP contribution in [0.1, 0.15) is 5.56 Å². The maximum Gasteiger partial charge on any atom is 0.364 e. The molecule has 0 N–H and O–H groups in total. The van der Waals surface area contributed by atoms with Gasteiger partial charge in [-0.25, -0.2) is 6.57 Å². The van der Waals surface area contributed by atoms with Gasteiger partial charge in [0.05, 0.1) is 4.92 Å². The third-order valence-electron chi connectivity index (χ3n) is 2.06. The fraction of sp³-hybridized carbons (Fsp3) is 0.182. The van der Waals surface area contributed by atoms with Crippen molar-refractivity contribution in [3.8, 4) is 6.07 Å². The summed E-state index contributed by atoms with van der Waals surface area (Å²) in [4.78, 5) is 24.3. The van der Waals surface area contributed by atoms with Crippen molar-refractivity contribution in [2.75, 3.05) is 0 Å². The second-order valence-electron chi connectivity index (χ2n) is 3.23. The first-order chi connectivity index (χ1) is 8.08. The minimum atomic E-state index is -1.34. The van der Waals surface area contributed by atoms with E-state index in [0.717, 1.165) is 0 Å². The summed E-state index contributed by atoms with van der Waals surface area (Å²) in [6.45, 7) is 6.64. The van der Waals surface area contributed by atoms with E-state index in [1.54, 1.807) is 12.1 Å². The summed E-state index contributed by atoms with van der Waals surface area (Å²) in [5, 5.41) is 19.0. The maximum absolute atomic E-state index is 11.4. The van der Waals surface area contributed by atoms with Crippen LogP contribution in [0.3, 0.4) is 0 Å². The van der Waals surface area contributed by atoms with Gasteiger partial charge >= 0.3 is 6.04 Å². The summed E-state index contributed by atoms with van der Waals surface area (Å²) in [7, 11) is 0. The van der Waals surface area contributed by atoms with E-state index < -0.39 is 16.7 Å². The molecular formula is C11H7N3O3. The fourth-order valence-electron chi connectivity index (χ4n) is 1.25. The van der Waals surface area contributed by atoms with Crippen molar-refractivity contribution in [3.05, 3.63) is 51.4 Å². The Bertz CT molecular complexity index is 526. The van der Waals surface area contributed by atoms with Gasteiger partial charge in [-0.1, -0.05) is 12.1 Å². The van der Waals surface area contributed by atoms with E-state index in [1.165, 1.54) is 18.2 Å². The van der Waals surface area contributed by atoms with E-state index in [4.69, 9.17) is 11.8 Å². The molecule has 1 rings (SSSR count). The van der Waals surface area contributed by atoms with Gasteiger partial charge in [0.25, 0.3) is 5.69 Å². The van der Waals surface area contributed by atoms with Gasteiger partial charge in [-0.15, -0.1) is 0 Å². The standard InChI is InChI=1S/C11H7N3O3/c1-13-10(7-12)11(15)6-8-3-2-4-9(5-8)14(16)17/h2-5,10H,6H2. The highest BCUT2D eigenvalue weighted by atomic mass is 16.6. The van der Waals surface area contributed by atoms with Gasteiger partial charge in [0.2, 0.25) is 5.78 Å². The molecule has 84 valence electrons. The van der Waals surface area contributed by atoms with Gasteiger partial charge < -0.3 is 0 Å². The normalized spacial score (nSPS) is 10.9. The van der Waals surface area contributed by atoms with Crippen LogP contribution in [0.2, 0.25) is 0 Å². The van der Waals surface area contributed by atoms with E-state index in [2.05, 4.69) is 4.85 Å². The Balaban J connectivity index is 2.87. The summed E-state index contributed by atoms with van der Waals surface area (Å²) >= 11 is 0. The third-order valence-corrected chi connectivity index (χ3v) is 2.06. The van der Waals surface area contributed by atoms with Gasteiger partial charge in [0, 0.05) is 18.6 Å². The first kappa shape index (κ1) is 12.3. The monoisotopic (exact) mass is 229 g/mol. The Hall–Kier alpha value is -2.73. The Morgan fingerprint density at radius 2 is 2.35 bits per heavy atom. The zero-order chi connectivity index (χ0) is 12.8. The van der Waals surface area contributed by atoms with Gasteiger partial charge in [-0.2, -0.15) is 5.26 Å². The molecule has 17 heavy (non-hydrogen) atoms. The number of nitro benzene ring substituents is 1. The SMILES string of the molecule is [C-]#[N+]C(C#N)C(=O)Cc1cccc([N+](=O)[O-])c1. The molecule has 0 fully saturated rings. The minimum Gasteiger partial charge on any atom is -0.289 e. The van der Waals surface area contributed by atoms with Crippen LogP contribution in [0, 0.1) is 28.0 Å². The average molecular weight is 229 g/mol. The molecule has 6 heteroatoms. The number of nitriles is 1. The minimum absolute atomic E-state index is 0.119. The Kier molecular flexibility index (Phi) is 3.91. The lowest BCUT2D eigenvalue weighted by Crippen LogP contribution is -2.17. The Morgan fingerprint density at radius 3 is 2.88 bits per heavy atom. The van der Waals surface area contributed by atoms with Crippen molar-refractivity contribution in [2.24, 2.45) is 0 Å². The van der Waals surface area contributed by atoms with Crippen molar-refractivity contribution in [1.29, 1.82) is 5.26 Å². The molecular weight excluding hydrogens is 222 g/mol. The number of carbonyl (C=O) groups is 1. The largest absolute Gasteiger partial charge is 0.364 e. The van der Waals surface area contributed by atoms with Gasteiger partial charge in [-0.05, 0) is 5.56 Å². The molecule has 1 aromatic carbocycles. The van der Waals surface area contributed by atoms with E-state index >= 15 is 0 Å². The predicted molar refractivity (Wildman–Crippen MR) is 57.8 cm³/mol.